The SMILES string of the molecule is CC(C)C(N)C(=O)O.CCC(C)C(N)C(=O)O.NC(Cc1c[nH]c2ccccc12)C(=O)O. The monoisotopic (exact) mass is 452 g/mol. The average Bonchev–Trinajstić information content (AvgIpc) is 3.15. The molecule has 0 aliphatic rings. The molecule has 10 N–H and O–H groups in total. The van der Waals surface area contributed by atoms with Gasteiger partial charge in [0.2, 0.25) is 0 Å². The molecule has 0 fully saturated rings. The Hall–Kier alpha value is -2.95. The number of carbonyl (C=O) groups is 3. The van der Waals surface area contributed by atoms with Gasteiger partial charge in [-0.2, -0.15) is 0 Å². The number of rotatable bonds is 8. The zero-order valence-corrected chi connectivity index (χ0v) is 19.0. The van der Waals surface area contributed by atoms with Crippen molar-refractivity contribution in [3.63, 3.8) is 0 Å². The van der Waals surface area contributed by atoms with Crippen molar-refractivity contribution >= 4 is 28.8 Å². The van der Waals surface area contributed by atoms with Crippen LogP contribution in [-0.4, -0.2) is 56.3 Å². The average molecular weight is 453 g/mol. The second-order valence-corrected chi connectivity index (χ2v) is 7.87. The van der Waals surface area contributed by atoms with Crippen molar-refractivity contribution in [2.75, 3.05) is 0 Å². The third-order valence-electron chi connectivity index (χ3n) is 4.98. The zero-order valence-electron chi connectivity index (χ0n) is 19.0. The Kier molecular flexibility index (Phi) is 12.9. The van der Waals surface area contributed by atoms with Gasteiger partial charge < -0.3 is 37.5 Å². The molecule has 1 aromatic heterocycles. The van der Waals surface area contributed by atoms with Crippen molar-refractivity contribution in [2.24, 2.45) is 29.0 Å². The van der Waals surface area contributed by atoms with Crippen molar-refractivity contribution in [3.8, 4) is 0 Å². The molecule has 0 aliphatic carbocycles. The van der Waals surface area contributed by atoms with Crippen molar-refractivity contribution in [1.82, 2.24) is 4.98 Å². The van der Waals surface area contributed by atoms with Crippen LogP contribution in [0.2, 0.25) is 0 Å². The highest BCUT2D eigenvalue weighted by molar-refractivity contribution is 5.84. The lowest BCUT2D eigenvalue weighted by molar-refractivity contribution is -0.140. The summed E-state index contributed by atoms with van der Waals surface area (Å²) < 4.78 is 0. The Labute approximate surface area is 187 Å². The molecule has 0 amide bonds. The Bertz CT molecular complexity index is 867. The van der Waals surface area contributed by atoms with E-state index in [1.807, 2.05) is 44.3 Å². The lowest BCUT2D eigenvalue weighted by Gasteiger charge is -2.11. The maximum atomic E-state index is 10.6. The molecule has 4 atom stereocenters. The van der Waals surface area contributed by atoms with Gasteiger partial charge in [0.25, 0.3) is 0 Å². The maximum Gasteiger partial charge on any atom is 0.320 e. The van der Waals surface area contributed by atoms with Gasteiger partial charge in [-0.1, -0.05) is 52.3 Å². The number of benzene rings is 1. The highest BCUT2D eigenvalue weighted by Crippen LogP contribution is 2.18. The number of para-hydroxylation sites is 1. The van der Waals surface area contributed by atoms with E-state index in [0.717, 1.165) is 22.9 Å². The van der Waals surface area contributed by atoms with E-state index in [-0.39, 0.29) is 11.8 Å². The molecule has 0 saturated heterocycles. The summed E-state index contributed by atoms with van der Waals surface area (Å²) in [5.41, 5.74) is 17.9. The third-order valence-corrected chi connectivity index (χ3v) is 4.98. The van der Waals surface area contributed by atoms with Gasteiger partial charge in [-0.3, -0.25) is 14.4 Å². The predicted molar refractivity (Wildman–Crippen MR) is 123 cm³/mol. The molecular weight excluding hydrogens is 416 g/mol. The summed E-state index contributed by atoms with van der Waals surface area (Å²) in [4.78, 5) is 33.9. The molecule has 32 heavy (non-hydrogen) atoms. The molecule has 0 aliphatic heterocycles. The lowest BCUT2D eigenvalue weighted by Crippen LogP contribution is -2.36. The van der Waals surface area contributed by atoms with E-state index in [0.29, 0.717) is 6.42 Å². The van der Waals surface area contributed by atoms with Gasteiger partial charge in [-0.25, -0.2) is 0 Å². The number of aliphatic carboxylic acids is 3. The number of fused-ring (bicyclic) bond motifs is 1. The third kappa shape index (κ3) is 9.90. The van der Waals surface area contributed by atoms with E-state index in [4.69, 9.17) is 32.5 Å². The number of carboxylic acid groups (broad SMARTS) is 3. The van der Waals surface area contributed by atoms with Gasteiger partial charge in [0.15, 0.2) is 0 Å². The predicted octanol–water partition coefficient (Wildman–Crippen LogP) is 1.62. The molecule has 2 aromatic rings. The van der Waals surface area contributed by atoms with Gasteiger partial charge in [0, 0.05) is 23.5 Å². The molecular formula is C22H36N4O6. The van der Waals surface area contributed by atoms with Crippen LogP contribution in [0.5, 0.6) is 0 Å². The van der Waals surface area contributed by atoms with Crippen LogP contribution < -0.4 is 17.2 Å². The number of nitrogens with one attached hydrogen (secondary N) is 1. The van der Waals surface area contributed by atoms with Crippen LogP contribution in [0, 0.1) is 11.8 Å². The first kappa shape index (κ1) is 29.1. The highest BCUT2D eigenvalue weighted by atomic mass is 16.4. The van der Waals surface area contributed by atoms with E-state index in [9.17, 15) is 14.4 Å². The van der Waals surface area contributed by atoms with Gasteiger partial charge >= 0.3 is 17.9 Å². The Balaban J connectivity index is 0.000000490. The summed E-state index contributed by atoms with van der Waals surface area (Å²) in [5, 5.41) is 26.3. The largest absolute Gasteiger partial charge is 0.480 e. The van der Waals surface area contributed by atoms with Crippen LogP contribution in [0.15, 0.2) is 30.5 Å². The number of hydrogen-bond donors (Lipinski definition) is 7. The molecule has 0 saturated carbocycles. The molecule has 0 bridgehead atoms. The first-order valence-corrected chi connectivity index (χ1v) is 10.3. The van der Waals surface area contributed by atoms with Gasteiger partial charge in [0.05, 0.1) is 0 Å². The van der Waals surface area contributed by atoms with E-state index < -0.39 is 36.0 Å². The van der Waals surface area contributed by atoms with E-state index in [1.165, 1.54) is 0 Å². The molecule has 1 aromatic carbocycles. The van der Waals surface area contributed by atoms with Gasteiger partial charge in [0.1, 0.15) is 18.1 Å². The van der Waals surface area contributed by atoms with Crippen LogP contribution in [-0.2, 0) is 20.8 Å². The van der Waals surface area contributed by atoms with Crippen molar-refractivity contribution in [2.45, 2.75) is 58.7 Å². The number of aromatic amines is 1. The highest BCUT2D eigenvalue weighted by Gasteiger charge is 2.17. The smallest absolute Gasteiger partial charge is 0.320 e. The molecule has 10 nitrogen and oxygen atoms in total. The topological polar surface area (TPSA) is 206 Å². The summed E-state index contributed by atoms with van der Waals surface area (Å²) in [6, 6.07) is 5.50. The summed E-state index contributed by atoms with van der Waals surface area (Å²) in [5.74, 6) is -2.72. The molecule has 1 heterocycles. The van der Waals surface area contributed by atoms with Gasteiger partial charge in [-0.05, 0) is 23.5 Å². The minimum atomic E-state index is -0.972. The number of H-pyrrole nitrogens is 1. The van der Waals surface area contributed by atoms with Gasteiger partial charge in [-0.15, -0.1) is 0 Å². The van der Waals surface area contributed by atoms with E-state index in [1.54, 1.807) is 13.8 Å². The van der Waals surface area contributed by atoms with Crippen LogP contribution in [0.25, 0.3) is 10.9 Å². The van der Waals surface area contributed by atoms with E-state index >= 15 is 0 Å². The first-order chi connectivity index (χ1) is 14.8. The van der Waals surface area contributed by atoms with Crippen LogP contribution in [0.4, 0.5) is 0 Å². The maximum absolute atomic E-state index is 10.6. The van der Waals surface area contributed by atoms with Crippen molar-refractivity contribution in [1.29, 1.82) is 0 Å². The lowest BCUT2D eigenvalue weighted by atomic mass is 10.0. The fourth-order valence-corrected chi connectivity index (χ4v) is 2.41. The minimum absolute atomic E-state index is 0.0208. The Morgan fingerprint density at radius 2 is 1.44 bits per heavy atom. The summed E-state index contributed by atoms with van der Waals surface area (Å²) in [7, 11) is 0. The van der Waals surface area contributed by atoms with Crippen molar-refractivity contribution < 1.29 is 29.7 Å². The fraction of sp³-hybridized carbons (Fsp3) is 0.500. The van der Waals surface area contributed by atoms with E-state index in [2.05, 4.69) is 4.98 Å². The normalized spacial score (nSPS) is 14.2. The molecule has 2 rings (SSSR count). The Morgan fingerprint density at radius 1 is 0.906 bits per heavy atom. The molecule has 10 heteroatoms. The second-order valence-electron chi connectivity index (χ2n) is 7.87. The number of nitrogens with two attached hydrogens (primary N) is 3. The Morgan fingerprint density at radius 3 is 1.81 bits per heavy atom. The summed E-state index contributed by atoms with van der Waals surface area (Å²) in [6.45, 7) is 7.31. The number of carboxylic acids is 3. The zero-order chi connectivity index (χ0) is 25.0. The molecule has 180 valence electrons. The van der Waals surface area contributed by atoms with Crippen molar-refractivity contribution in [3.05, 3.63) is 36.0 Å². The molecule has 4 unspecified atom stereocenters. The molecule has 0 radical (unpaired) electrons. The number of hydrogen-bond acceptors (Lipinski definition) is 6. The van der Waals surface area contributed by atoms with Crippen LogP contribution in [0.3, 0.4) is 0 Å². The number of aromatic nitrogens is 1. The summed E-state index contributed by atoms with van der Waals surface area (Å²) >= 11 is 0. The quantitative estimate of drug-likeness (QED) is 0.310. The minimum Gasteiger partial charge on any atom is -0.480 e. The van der Waals surface area contributed by atoms with Crippen LogP contribution >= 0.6 is 0 Å². The summed E-state index contributed by atoms with van der Waals surface area (Å²) in [6.07, 6.45) is 2.97. The fourth-order valence-electron chi connectivity index (χ4n) is 2.41. The van der Waals surface area contributed by atoms with Crippen LogP contribution in [0.1, 0.15) is 39.7 Å². The second kappa shape index (κ2) is 14.2. The standard InChI is InChI=1S/C11H12N2O2.C6H13NO2.C5H11NO2/c12-9(11(14)15)5-7-6-13-10-4-2-1-3-8(7)10;1-3-4(2)5(7)6(8)9;1-3(2)4(6)5(7)8/h1-4,6,9,13H,5,12H2,(H,14,15);4-5H,3,7H2,1-2H3,(H,8,9);3-4H,6H2,1-2H3,(H,7,8). The molecule has 0 spiro atoms. The first-order valence-electron chi connectivity index (χ1n) is 10.3.